The third-order valence-electron chi connectivity index (χ3n) is 3.70. The van der Waals surface area contributed by atoms with Crippen LogP contribution in [0.15, 0.2) is 29.4 Å². The van der Waals surface area contributed by atoms with E-state index in [0.717, 1.165) is 39.0 Å². The van der Waals surface area contributed by atoms with Gasteiger partial charge in [0.2, 0.25) is 0 Å². The van der Waals surface area contributed by atoms with Gasteiger partial charge in [-0.3, -0.25) is 5.01 Å². The molecule has 1 heterocycles. The molecule has 0 aromatic heterocycles. The van der Waals surface area contributed by atoms with Crippen molar-refractivity contribution >= 4 is 5.71 Å². The summed E-state index contributed by atoms with van der Waals surface area (Å²) < 4.78 is 0. The number of piperazine rings is 1. The molecule has 0 saturated carbocycles. The Morgan fingerprint density at radius 2 is 1.76 bits per heavy atom. The van der Waals surface area contributed by atoms with E-state index < -0.39 is 0 Å². The Kier molecular flexibility index (Phi) is 2.85. The van der Waals surface area contributed by atoms with Crippen LogP contribution in [0, 0.1) is 0 Å². The fourth-order valence-electron chi connectivity index (χ4n) is 2.58. The molecule has 3 heteroatoms. The highest BCUT2D eigenvalue weighted by Gasteiger charge is 2.19. The number of hydrazone groups is 1. The molecule has 0 bridgehead atoms. The Hall–Kier alpha value is -1.35. The van der Waals surface area contributed by atoms with Crippen molar-refractivity contribution in [1.29, 1.82) is 0 Å². The zero-order chi connectivity index (χ0) is 11.7. The molecule has 1 aromatic carbocycles. The summed E-state index contributed by atoms with van der Waals surface area (Å²) in [5.74, 6) is 0. The summed E-state index contributed by atoms with van der Waals surface area (Å²) in [5.41, 5.74) is 4.11. The Bertz CT molecular complexity index is 431. The first-order valence-corrected chi connectivity index (χ1v) is 6.42. The molecule has 0 N–H and O–H groups in total. The normalized spacial score (nSPS) is 23.1. The second-order valence-corrected chi connectivity index (χ2v) is 4.96. The van der Waals surface area contributed by atoms with Crippen molar-refractivity contribution in [1.82, 2.24) is 9.91 Å². The van der Waals surface area contributed by atoms with Crippen LogP contribution in [0.1, 0.15) is 17.5 Å². The van der Waals surface area contributed by atoms with Crippen LogP contribution in [0.2, 0.25) is 0 Å². The van der Waals surface area contributed by atoms with Crippen LogP contribution < -0.4 is 0 Å². The van der Waals surface area contributed by atoms with Gasteiger partial charge in [-0.15, -0.1) is 0 Å². The number of benzene rings is 1. The van der Waals surface area contributed by atoms with Gasteiger partial charge >= 0.3 is 0 Å². The average Bonchev–Trinajstić information content (AvgIpc) is 2.76. The van der Waals surface area contributed by atoms with Crippen LogP contribution in [0.4, 0.5) is 0 Å². The Morgan fingerprint density at radius 1 is 1.00 bits per heavy atom. The third kappa shape index (κ3) is 2.20. The largest absolute Gasteiger partial charge is 0.303 e. The van der Waals surface area contributed by atoms with Gasteiger partial charge < -0.3 is 4.90 Å². The van der Waals surface area contributed by atoms with E-state index in [-0.39, 0.29) is 0 Å². The summed E-state index contributed by atoms with van der Waals surface area (Å²) in [7, 11) is 2.18. The molecule has 3 rings (SSSR count). The molecule has 1 aromatic rings. The predicted octanol–water partition coefficient (Wildman–Crippen LogP) is 1.58. The highest BCUT2D eigenvalue weighted by Crippen LogP contribution is 2.22. The summed E-state index contributed by atoms with van der Waals surface area (Å²) in [6, 6.07) is 8.67. The van der Waals surface area contributed by atoms with Crippen molar-refractivity contribution in [2.45, 2.75) is 12.8 Å². The maximum absolute atomic E-state index is 4.83. The monoisotopic (exact) mass is 229 g/mol. The van der Waals surface area contributed by atoms with Crippen molar-refractivity contribution in [2.75, 3.05) is 33.2 Å². The lowest BCUT2D eigenvalue weighted by molar-refractivity contribution is 0.159. The molecule has 1 aliphatic heterocycles. The molecule has 1 fully saturated rings. The van der Waals surface area contributed by atoms with Gasteiger partial charge in [0.05, 0.1) is 5.71 Å². The van der Waals surface area contributed by atoms with Gasteiger partial charge in [0, 0.05) is 31.7 Å². The lowest BCUT2D eigenvalue weighted by Gasteiger charge is -2.30. The van der Waals surface area contributed by atoms with E-state index in [0.29, 0.717) is 0 Å². The minimum atomic E-state index is 1.06. The number of nitrogens with zero attached hydrogens (tertiary/aromatic N) is 3. The van der Waals surface area contributed by atoms with Crippen molar-refractivity contribution < 1.29 is 0 Å². The summed E-state index contributed by atoms with van der Waals surface area (Å²) in [6.07, 6.45) is 2.26. The summed E-state index contributed by atoms with van der Waals surface area (Å²) in [4.78, 5) is 2.36. The van der Waals surface area contributed by atoms with E-state index in [1.54, 1.807) is 0 Å². The first-order chi connectivity index (χ1) is 8.33. The first-order valence-electron chi connectivity index (χ1n) is 6.42. The van der Waals surface area contributed by atoms with E-state index in [2.05, 4.69) is 41.2 Å². The van der Waals surface area contributed by atoms with E-state index in [4.69, 9.17) is 5.10 Å². The number of aryl methyl sites for hydroxylation is 1. The van der Waals surface area contributed by atoms with E-state index in [1.165, 1.54) is 16.8 Å². The van der Waals surface area contributed by atoms with Gasteiger partial charge in [-0.2, -0.15) is 5.10 Å². The maximum atomic E-state index is 4.83. The zero-order valence-corrected chi connectivity index (χ0v) is 10.4. The Balaban J connectivity index is 1.77. The summed E-state index contributed by atoms with van der Waals surface area (Å²) >= 11 is 0. The third-order valence-corrected chi connectivity index (χ3v) is 3.70. The maximum Gasteiger partial charge on any atom is 0.0683 e. The lowest BCUT2D eigenvalue weighted by atomic mass is 10.1. The van der Waals surface area contributed by atoms with Crippen molar-refractivity contribution in [3.05, 3.63) is 35.4 Å². The fraction of sp³-hybridized carbons (Fsp3) is 0.500. The molecule has 1 saturated heterocycles. The highest BCUT2D eigenvalue weighted by molar-refractivity contribution is 6.04. The molecular weight excluding hydrogens is 210 g/mol. The van der Waals surface area contributed by atoms with Crippen molar-refractivity contribution in [3.63, 3.8) is 0 Å². The van der Waals surface area contributed by atoms with Gasteiger partial charge in [-0.05, 0) is 25.5 Å². The number of fused-ring (bicyclic) bond motifs is 1. The number of hydrogen-bond acceptors (Lipinski definition) is 3. The predicted molar refractivity (Wildman–Crippen MR) is 70.4 cm³/mol. The van der Waals surface area contributed by atoms with E-state index >= 15 is 0 Å². The zero-order valence-electron chi connectivity index (χ0n) is 10.4. The van der Waals surface area contributed by atoms with Crippen LogP contribution in [0.25, 0.3) is 0 Å². The van der Waals surface area contributed by atoms with Crippen LogP contribution in [-0.4, -0.2) is 48.8 Å². The quantitative estimate of drug-likeness (QED) is 0.728. The van der Waals surface area contributed by atoms with Crippen molar-refractivity contribution in [3.8, 4) is 0 Å². The van der Waals surface area contributed by atoms with Gasteiger partial charge in [-0.25, -0.2) is 0 Å². The molecule has 0 radical (unpaired) electrons. The molecule has 2 aliphatic rings. The number of likely N-dealkylation sites (N-methyl/N-ethyl adjacent to an activating group) is 1. The minimum Gasteiger partial charge on any atom is -0.303 e. The van der Waals surface area contributed by atoms with Crippen LogP contribution in [0.3, 0.4) is 0 Å². The standard InChI is InChI=1S/C14H19N3/c1-16-8-10-17(11-9-16)15-14-7-6-12-4-2-3-5-13(12)14/h2-5H,6-11H2,1H3/b15-14+. The van der Waals surface area contributed by atoms with Crippen LogP contribution in [-0.2, 0) is 6.42 Å². The van der Waals surface area contributed by atoms with Gasteiger partial charge in [0.1, 0.15) is 0 Å². The van der Waals surface area contributed by atoms with E-state index in [9.17, 15) is 0 Å². The smallest absolute Gasteiger partial charge is 0.0683 e. The Morgan fingerprint density at radius 3 is 2.59 bits per heavy atom. The Labute approximate surface area is 103 Å². The summed E-state index contributed by atoms with van der Waals surface area (Å²) in [6.45, 7) is 4.36. The van der Waals surface area contributed by atoms with Gasteiger partial charge in [-0.1, -0.05) is 24.3 Å². The average molecular weight is 229 g/mol. The molecule has 0 amide bonds. The molecule has 0 atom stereocenters. The van der Waals surface area contributed by atoms with Gasteiger partial charge in [0.15, 0.2) is 0 Å². The second-order valence-electron chi connectivity index (χ2n) is 4.96. The van der Waals surface area contributed by atoms with Crippen LogP contribution >= 0.6 is 0 Å². The fourth-order valence-corrected chi connectivity index (χ4v) is 2.58. The molecule has 90 valence electrons. The highest BCUT2D eigenvalue weighted by atomic mass is 15.5. The molecule has 3 nitrogen and oxygen atoms in total. The number of rotatable bonds is 1. The molecule has 0 unspecified atom stereocenters. The SMILES string of the molecule is CN1CCN(/N=C2\CCc3ccccc32)CC1. The van der Waals surface area contributed by atoms with Crippen LogP contribution in [0.5, 0.6) is 0 Å². The molecular formula is C14H19N3. The van der Waals surface area contributed by atoms with E-state index in [1.807, 2.05) is 0 Å². The minimum absolute atomic E-state index is 1.06. The summed E-state index contributed by atoms with van der Waals surface area (Å²) in [5, 5.41) is 7.07. The lowest BCUT2D eigenvalue weighted by Crippen LogP contribution is -2.42. The molecule has 0 spiro atoms. The van der Waals surface area contributed by atoms with Crippen molar-refractivity contribution in [2.24, 2.45) is 5.10 Å². The molecule has 1 aliphatic carbocycles. The number of hydrogen-bond donors (Lipinski definition) is 0. The first kappa shape index (κ1) is 10.8. The second kappa shape index (κ2) is 4.49. The van der Waals surface area contributed by atoms with Gasteiger partial charge in [0.25, 0.3) is 0 Å². The molecule has 17 heavy (non-hydrogen) atoms. The topological polar surface area (TPSA) is 18.8 Å².